The van der Waals surface area contributed by atoms with Crippen molar-refractivity contribution in [3.8, 4) is 0 Å². The number of nitrogens with zero attached hydrogens (tertiary/aromatic N) is 1. The number of hydrogen-bond donors (Lipinski definition) is 0. The maximum absolute atomic E-state index is 6.23. The van der Waals surface area contributed by atoms with Gasteiger partial charge in [-0.3, -0.25) is 0 Å². The van der Waals surface area contributed by atoms with Gasteiger partial charge < -0.3 is 9.64 Å². The molecule has 0 N–H and O–H groups in total. The maximum Gasteiger partial charge on any atom is 0.0595 e. The molecule has 0 unspecified atom stereocenters. The number of halogens is 2. The molecule has 21 heavy (non-hydrogen) atoms. The Hall–Kier alpha value is -0.280. The van der Waals surface area contributed by atoms with Gasteiger partial charge >= 0.3 is 0 Å². The van der Waals surface area contributed by atoms with Crippen molar-refractivity contribution in [2.75, 3.05) is 20.3 Å². The lowest BCUT2D eigenvalue weighted by Gasteiger charge is -2.43. The predicted octanol–water partition coefficient (Wildman–Crippen LogP) is 4.60. The van der Waals surface area contributed by atoms with E-state index in [9.17, 15) is 0 Å². The fourth-order valence-corrected chi connectivity index (χ4v) is 4.49. The molecule has 1 aromatic rings. The van der Waals surface area contributed by atoms with Gasteiger partial charge in [0.05, 0.1) is 16.7 Å². The molecule has 0 radical (unpaired) electrons. The van der Waals surface area contributed by atoms with Gasteiger partial charge in [0.15, 0.2) is 0 Å². The first-order chi connectivity index (χ1) is 10.1. The van der Waals surface area contributed by atoms with Gasteiger partial charge in [-0.05, 0) is 56.8 Å². The van der Waals surface area contributed by atoms with Crippen LogP contribution in [-0.2, 0) is 4.74 Å². The first-order valence-electron chi connectivity index (χ1n) is 7.86. The molecule has 0 spiro atoms. The van der Waals surface area contributed by atoms with Crippen molar-refractivity contribution in [2.45, 2.75) is 44.2 Å². The van der Waals surface area contributed by atoms with Crippen LogP contribution >= 0.6 is 23.2 Å². The van der Waals surface area contributed by atoms with Crippen LogP contribution in [0.1, 0.15) is 37.7 Å². The molecule has 4 atom stereocenters. The normalized spacial score (nSPS) is 32.6. The Morgan fingerprint density at radius 3 is 2.76 bits per heavy atom. The Labute approximate surface area is 137 Å². The molecule has 0 aliphatic carbocycles. The Morgan fingerprint density at radius 2 is 2.05 bits per heavy atom. The van der Waals surface area contributed by atoms with E-state index in [0.717, 1.165) is 13.2 Å². The van der Waals surface area contributed by atoms with E-state index in [4.69, 9.17) is 27.9 Å². The zero-order chi connectivity index (χ0) is 15.0. The first-order valence-corrected chi connectivity index (χ1v) is 8.62. The van der Waals surface area contributed by atoms with Crippen LogP contribution < -0.4 is 0 Å². The SMILES string of the molecule is CCOC[C@@H]1[C@@H](c2ccc(Cl)c(Cl)c2)C[C@@H]2CC[C@@H]1N2C. The molecule has 0 amide bonds. The number of piperidine rings is 1. The van der Waals surface area contributed by atoms with Crippen LogP contribution in [0.4, 0.5) is 0 Å². The second-order valence-corrected chi connectivity index (χ2v) is 7.12. The van der Waals surface area contributed by atoms with Crippen LogP contribution in [0.5, 0.6) is 0 Å². The number of fused-ring (bicyclic) bond motifs is 2. The summed E-state index contributed by atoms with van der Waals surface area (Å²) in [5, 5.41) is 1.30. The topological polar surface area (TPSA) is 12.5 Å². The second kappa shape index (κ2) is 6.45. The molecule has 1 aromatic carbocycles. The van der Waals surface area contributed by atoms with E-state index in [2.05, 4.69) is 31.0 Å². The summed E-state index contributed by atoms with van der Waals surface area (Å²) < 4.78 is 5.79. The van der Waals surface area contributed by atoms with Gasteiger partial charge in [0.25, 0.3) is 0 Å². The highest BCUT2D eigenvalue weighted by Gasteiger charge is 2.45. The Balaban J connectivity index is 1.88. The van der Waals surface area contributed by atoms with E-state index >= 15 is 0 Å². The van der Waals surface area contributed by atoms with Gasteiger partial charge in [0, 0.05) is 24.6 Å². The molecule has 2 heterocycles. The first kappa shape index (κ1) is 15.6. The standard InChI is InChI=1S/C17H23Cl2NO/c1-3-21-10-14-13(9-12-5-7-17(14)20(12)2)11-4-6-15(18)16(19)8-11/h4,6,8,12-14,17H,3,5,7,9-10H2,1-2H3/t12-,13+,14+,17-/m0/s1. The molecule has 2 aliphatic heterocycles. The minimum Gasteiger partial charge on any atom is -0.381 e. The maximum atomic E-state index is 6.23. The Morgan fingerprint density at radius 1 is 1.24 bits per heavy atom. The molecule has 2 bridgehead atoms. The smallest absolute Gasteiger partial charge is 0.0595 e. The highest BCUT2D eigenvalue weighted by Crippen LogP contribution is 2.46. The Kier molecular flexibility index (Phi) is 4.80. The molecular formula is C17H23Cl2NO. The molecule has 2 nitrogen and oxygen atoms in total. The van der Waals surface area contributed by atoms with Gasteiger partial charge in [-0.25, -0.2) is 0 Å². The monoisotopic (exact) mass is 327 g/mol. The van der Waals surface area contributed by atoms with E-state index in [-0.39, 0.29) is 0 Å². The third-order valence-corrected chi connectivity index (χ3v) is 6.06. The molecule has 2 fully saturated rings. The summed E-state index contributed by atoms with van der Waals surface area (Å²) in [5.74, 6) is 1.07. The van der Waals surface area contributed by atoms with Crippen molar-refractivity contribution in [1.29, 1.82) is 0 Å². The quantitative estimate of drug-likeness (QED) is 0.801. The average molecular weight is 328 g/mol. The fourth-order valence-electron chi connectivity index (χ4n) is 4.18. The number of rotatable bonds is 4. The summed E-state index contributed by atoms with van der Waals surface area (Å²) in [6, 6.07) is 7.46. The lowest BCUT2D eigenvalue weighted by molar-refractivity contribution is 0.0253. The van der Waals surface area contributed by atoms with Crippen molar-refractivity contribution >= 4 is 23.2 Å². The minimum atomic E-state index is 0.528. The molecule has 0 aromatic heterocycles. The molecule has 0 saturated carbocycles. The van der Waals surface area contributed by atoms with Crippen LogP contribution in [0.25, 0.3) is 0 Å². The fraction of sp³-hybridized carbons (Fsp3) is 0.647. The summed E-state index contributed by atoms with van der Waals surface area (Å²) in [6.45, 7) is 3.69. The van der Waals surface area contributed by atoms with Crippen LogP contribution in [0, 0.1) is 5.92 Å². The van der Waals surface area contributed by atoms with Gasteiger partial charge in [0.1, 0.15) is 0 Å². The molecule has 3 rings (SSSR count). The summed E-state index contributed by atoms with van der Waals surface area (Å²) in [5.41, 5.74) is 1.32. The van der Waals surface area contributed by atoms with Crippen molar-refractivity contribution in [3.63, 3.8) is 0 Å². The predicted molar refractivity (Wildman–Crippen MR) is 88.4 cm³/mol. The van der Waals surface area contributed by atoms with Crippen molar-refractivity contribution in [1.82, 2.24) is 4.90 Å². The third kappa shape index (κ3) is 2.96. The Bertz CT molecular complexity index is 508. The van der Waals surface area contributed by atoms with Crippen molar-refractivity contribution in [3.05, 3.63) is 33.8 Å². The van der Waals surface area contributed by atoms with E-state index < -0.39 is 0 Å². The molecule has 4 heteroatoms. The van der Waals surface area contributed by atoms with Crippen molar-refractivity contribution in [2.24, 2.45) is 5.92 Å². The van der Waals surface area contributed by atoms with Crippen LogP contribution in [0.2, 0.25) is 10.0 Å². The molecule has 2 aliphatic rings. The molecule has 2 saturated heterocycles. The number of hydrogen-bond acceptors (Lipinski definition) is 2. The second-order valence-electron chi connectivity index (χ2n) is 6.30. The van der Waals surface area contributed by atoms with Crippen LogP contribution in [0.15, 0.2) is 18.2 Å². The third-order valence-electron chi connectivity index (χ3n) is 5.32. The van der Waals surface area contributed by atoms with E-state index in [0.29, 0.717) is 34.0 Å². The van der Waals surface area contributed by atoms with Crippen LogP contribution in [0.3, 0.4) is 0 Å². The van der Waals surface area contributed by atoms with Gasteiger partial charge in [-0.1, -0.05) is 29.3 Å². The number of ether oxygens (including phenoxy) is 1. The van der Waals surface area contributed by atoms with Gasteiger partial charge in [0.2, 0.25) is 0 Å². The highest BCUT2D eigenvalue weighted by atomic mass is 35.5. The highest BCUT2D eigenvalue weighted by molar-refractivity contribution is 6.42. The minimum absolute atomic E-state index is 0.528. The average Bonchev–Trinajstić information content (AvgIpc) is 2.72. The summed E-state index contributed by atoms with van der Waals surface area (Å²) in [4.78, 5) is 2.57. The zero-order valence-electron chi connectivity index (χ0n) is 12.7. The number of benzene rings is 1. The lowest BCUT2D eigenvalue weighted by Crippen LogP contribution is -2.47. The van der Waals surface area contributed by atoms with Crippen molar-refractivity contribution < 1.29 is 4.74 Å². The van der Waals surface area contributed by atoms with E-state index in [1.165, 1.54) is 24.8 Å². The van der Waals surface area contributed by atoms with E-state index in [1.54, 1.807) is 0 Å². The molecular weight excluding hydrogens is 305 g/mol. The van der Waals surface area contributed by atoms with Gasteiger partial charge in [-0.2, -0.15) is 0 Å². The largest absolute Gasteiger partial charge is 0.381 e. The summed E-state index contributed by atoms with van der Waals surface area (Å²) >= 11 is 12.3. The van der Waals surface area contributed by atoms with E-state index in [1.807, 2.05) is 6.07 Å². The summed E-state index contributed by atoms with van der Waals surface area (Å²) in [6.07, 6.45) is 3.79. The zero-order valence-corrected chi connectivity index (χ0v) is 14.2. The lowest BCUT2D eigenvalue weighted by atomic mass is 9.76. The summed E-state index contributed by atoms with van der Waals surface area (Å²) in [7, 11) is 2.27. The van der Waals surface area contributed by atoms with Crippen LogP contribution in [-0.4, -0.2) is 37.2 Å². The van der Waals surface area contributed by atoms with Gasteiger partial charge in [-0.15, -0.1) is 0 Å². The molecule has 116 valence electrons.